The van der Waals surface area contributed by atoms with Crippen molar-refractivity contribution in [2.75, 3.05) is 32.7 Å². The number of rotatable bonds is 4. The summed E-state index contributed by atoms with van der Waals surface area (Å²) in [5.74, 6) is -0.925. The minimum Gasteiger partial charge on any atom is -0.478 e. The van der Waals surface area contributed by atoms with Gasteiger partial charge in [0.05, 0.1) is 5.56 Å². The monoisotopic (exact) mass is 235 g/mol. The second-order valence-electron chi connectivity index (χ2n) is 4.19. The van der Waals surface area contributed by atoms with E-state index in [0.717, 1.165) is 44.8 Å². The van der Waals surface area contributed by atoms with Gasteiger partial charge in [-0.3, -0.25) is 4.98 Å². The molecule has 5 nitrogen and oxygen atoms in total. The molecule has 0 atom stereocenters. The van der Waals surface area contributed by atoms with Crippen molar-refractivity contribution in [3.63, 3.8) is 0 Å². The molecule has 92 valence electrons. The molecule has 2 rings (SSSR count). The van der Waals surface area contributed by atoms with Crippen molar-refractivity contribution in [2.24, 2.45) is 0 Å². The van der Waals surface area contributed by atoms with Crippen LogP contribution in [0.15, 0.2) is 18.3 Å². The van der Waals surface area contributed by atoms with Crippen molar-refractivity contribution in [3.05, 3.63) is 29.6 Å². The summed E-state index contributed by atoms with van der Waals surface area (Å²) in [6.07, 6.45) is 2.30. The summed E-state index contributed by atoms with van der Waals surface area (Å²) in [6.45, 7) is 5.23. The molecule has 0 radical (unpaired) electrons. The van der Waals surface area contributed by atoms with Gasteiger partial charge in [-0.05, 0) is 12.1 Å². The van der Waals surface area contributed by atoms with Crippen LogP contribution >= 0.6 is 0 Å². The summed E-state index contributed by atoms with van der Waals surface area (Å²) < 4.78 is 0. The summed E-state index contributed by atoms with van der Waals surface area (Å²) in [5, 5.41) is 12.1. The molecule has 1 saturated heterocycles. The van der Waals surface area contributed by atoms with Crippen molar-refractivity contribution in [1.82, 2.24) is 15.2 Å². The Balaban J connectivity index is 1.84. The number of piperazine rings is 1. The lowest BCUT2D eigenvalue weighted by molar-refractivity contribution is 0.0696. The Kier molecular flexibility index (Phi) is 4.06. The highest BCUT2D eigenvalue weighted by Crippen LogP contribution is 2.03. The van der Waals surface area contributed by atoms with Crippen LogP contribution in [0.1, 0.15) is 16.1 Å². The number of aromatic nitrogens is 1. The highest BCUT2D eigenvalue weighted by atomic mass is 16.4. The molecule has 0 saturated carbocycles. The summed E-state index contributed by atoms with van der Waals surface area (Å²) in [6, 6.07) is 3.41. The number of hydrogen-bond donors (Lipinski definition) is 2. The molecule has 17 heavy (non-hydrogen) atoms. The van der Waals surface area contributed by atoms with Gasteiger partial charge in [0.15, 0.2) is 0 Å². The number of hydrogen-bond acceptors (Lipinski definition) is 4. The fraction of sp³-hybridized carbons (Fsp3) is 0.500. The number of carboxylic acids is 1. The maximum Gasteiger partial charge on any atom is 0.337 e. The van der Waals surface area contributed by atoms with Gasteiger partial charge in [-0.2, -0.15) is 0 Å². The molecule has 0 spiro atoms. The lowest BCUT2D eigenvalue weighted by Crippen LogP contribution is -2.44. The van der Waals surface area contributed by atoms with Crippen LogP contribution in [0.25, 0.3) is 0 Å². The second-order valence-corrected chi connectivity index (χ2v) is 4.19. The summed E-state index contributed by atoms with van der Waals surface area (Å²) in [4.78, 5) is 17.2. The van der Waals surface area contributed by atoms with Crippen molar-refractivity contribution in [2.45, 2.75) is 6.42 Å². The SMILES string of the molecule is O=C(O)c1ccc(CCN2CCNCC2)nc1. The van der Waals surface area contributed by atoms with Gasteiger partial charge in [-0.15, -0.1) is 0 Å². The van der Waals surface area contributed by atoms with E-state index < -0.39 is 5.97 Å². The lowest BCUT2D eigenvalue weighted by Gasteiger charge is -2.26. The Labute approximate surface area is 100 Å². The molecule has 1 aliphatic heterocycles. The quantitative estimate of drug-likeness (QED) is 0.782. The van der Waals surface area contributed by atoms with Crippen molar-refractivity contribution in [1.29, 1.82) is 0 Å². The number of carbonyl (C=O) groups is 1. The number of carboxylic acid groups (broad SMARTS) is 1. The van der Waals surface area contributed by atoms with E-state index in [4.69, 9.17) is 5.11 Å². The van der Waals surface area contributed by atoms with Crippen molar-refractivity contribution < 1.29 is 9.90 Å². The zero-order chi connectivity index (χ0) is 12.1. The van der Waals surface area contributed by atoms with E-state index >= 15 is 0 Å². The summed E-state index contributed by atoms with van der Waals surface area (Å²) >= 11 is 0. The topological polar surface area (TPSA) is 65.5 Å². The number of pyridine rings is 1. The first-order chi connectivity index (χ1) is 8.25. The third-order valence-electron chi connectivity index (χ3n) is 2.97. The molecule has 1 fully saturated rings. The maximum absolute atomic E-state index is 10.7. The molecular formula is C12H17N3O2. The number of aromatic carboxylic acids is 1. The molecule has 0 unspecified atom stereocenters. The molecule has 0 amide bonds. The maximum atomic E-state index is 10.7. The van der Waals surface area contributed by atoms with E-state index in [1.807, 2.05) is 0 Å². The van der Waals surface area contributed by atoms with E-state index in [1.165, 1.54) is 6.20 Å². The standard InChI is InChI=1S/C12H17N3O2/c16-12(17)10-1-2-11(14-9-10)3-6-15-7-4-13-5-8-15/h1-2,9,13H,3-8H2,(H,16,17). The zero-order valence-corrected chi connectivity index (χ0v) is 9.72. The molecule has 1 aromatic rings. The highest BCUT2D eigenvalue weighted by molar-refractivity contribution is 5.87. The van der Waals surface area contributed by atoms with Gasteiger partial charge >= 0.3 is 5.97 Å². The van der Waals surface area contributed by atoms with Crippen LogP contribution in [0.3, 0.4) is 0 Å². The second kappa shape index (κ2) is 5.75. The molecule has 1 aliphatic rings. The Morgan fingerprint density at radius 2 is 2.18 bits per heavy atom. The predicted molar refractivity (Wildman–Crippen MR) is 64.2 cm³/mol. The Morgan fingerprint density at radius 3 is 2.76 bits per heavy atom. The van der Waals surface area contributed by atoms with Crippen molar-refractivity contribution >= 4 is 5.97 Å². The summed E-state index contributed by atoms with van der Waals surface area (Å²) in [5.41, 5.74) is 1.20. The molecule has 0 aromatic carbocycles. The van der Waals surface area contributed by atoms with Crippen LogP contribution in [-0.2, 0) is 6.42 Å². The normalized spacial score (nSPS) is 16.9. The Hall–Kier alpha value is -1.46. The first-order valence-corrected chi connectivity index (χ1v) is 5.87. The van der Waals surface area contributed by atoms with Gasteiger partial charge < -0.3 is 15.3 Å². The van der Waals surface area contributed by atoms with Gasteiger partial charge in [-0.1, -0.05) is 0 Å². The fourth-order valence-corrected chi connectivity index (χ4v) is 1.91. The predicted octanol–water partition coefficient (Wildman–Crippen LogP) is 0.228. The molecule has 2 N–H and O–H groups in total. The average Bonchev–Trinajstić information content (AvgIpc) is 2.38. The molecular weight excluding hydrogens is 218 g/mol. The Bertz CT molecular complexity index is 372. The third kappa shape index (κ3) is 3.51. The molecule has 0 aliphatic carbocycles. The number of nitrogens with zero attached hydrogens (tertiary/aromatic N) is 2. The average molecular weight is 235 g/mol. The van der Waals surface area contributed by atoms with Crippen LogP contribution in [0.5, 0.6) is 0 Å². The molecule has 1 aromatic heterocycles. The van der Waals surface area contributed by atoms with Crippen LogP contribution in [0.4, 0.5) is 0 Å². The zero-order valence-electron chi connectivity index (χ0n) is 9.72. The third-order valence-corrected chi connectivity index (χ3v) is 2.97. The minimum atomic E-state index is -0.925. The van der Waals surface area contributed by atoms with Crippen LogP contribution in [0.2, 0.25) is 0 Å². The van der Waals surface area contributed by atoms with E-state index in [-0.39, 0.29) is 5.56 Å². The van der Waals surface area contributed by atoms with E-state index in [0.29, 0.717) is 0 Å². The highest BCUT2D eigenvalue weighted by Gasteiger charge is 2.09. The number of nitrogens with one attached hydrogen (secondary N) is 1. The van der Waals surface area contributed by atoms with Gasteiger partial charge in [0, 0.05) is 51.0 Å². The van der Waals surface area contributed by atoms with Crippen LogP contribution in [-0.4, -0.2) is 53.7 Å². The largest absolute Gasteiger partial charge is 0.478 e. The summed E-state index contributed by atoms with van der Waals surface area (Å²) in [7, 11) is 0. The van der Waals surface area contributed by atoms with E-state index in [9.17, 15) is 4.79 Å². The van der Waals surface area contributed by atoms with Crippen LogP contribution in [0, 0.1) is 0 Å². The van der Waals surface area contributed by atoms with Gasteiger partial charge in [0.1, 0.15) is 0 Å². The fourth-order valence-electron chi connectivity index (χ4n) is 1.91. The van der Waals surface area contributed by atoms with E-state index in [2.05, 4.69) is 15.2 Å². The first-order valence-electron chi connectivity index (χ1n) is 5.87. The van der Waals surface area contributed by atoms with E-state index in [1.54, 1.807) is 12.1 Å². The molecule has 2 heterocycles. The van der Waals surface area contributed by atoms with Gasteiger partial charge in [0.2, 0.25) is 0 Å². The van der Waals surface area contributed by atoms with Gasteiger partial charge in [-0.25, -0.2) is 4.79 Å². The molecule has 0 bridgehead atoms. The van der Waals surface area contributed by atoms with Gasteiger partial charge in [0.25, 0.3) is 0 Å². The van der Waals surface area contributed by atoms with Crippen LogP contribution < -0.4 is 5.32 Å². The smallest absolute Gasteiger partial charge is 0.337 e. The van der Waals surface area contributed by atoms with Crippen molar-refractivity contribution in [3.8, 4) is 0 Å². The molecule has 5 heteroatoms. The Morgan fingerprint density at radius 1 is 1.41 bits per heavy atom. The minimum absolute atomic E-state index is 0.246. The lowest BCUT2D eigenvalue weighted by atomic mass is 10.2. The first kappa shape index (κ1) is 12.0.